The van der Waals surface area contributed by atoms with Crippen LogP contribution in [0.1, 0.15) is 109 Å². The summed E-state index contributed by atoms with van der Waals surface area (Å²) in [5.74, 6) is 3.40. The second-order valence-electron chi connectivity index (χ2n) is 21.8. The number of nitrogens with one attached hydrogen (secondary N) is 1. The largest absolute Gasteiger partial charge is 0.478 e. The highest BCUT2D eigenvalue weighted by molar-refractivity contribution is 6.02. The first kappa shape index (κ1) is 43.3. The summed E-state index contributed by atoms with van der Waals surface area (Å²) in [5, 5.41) is 54.6. The molecule has 0 aliphatic heterocycles. The smallest absolute Gasteiger partial charge is 0.331 e. The predicted octanol–water partition coefficient (Wildman–Crippen LogP) is 5.49. The molecule has 1 aromatic rings. The van der Waals surface area contributed by atoms with E-state index in [1.807, 2.05) is 38.1 Å². The quantitative estimate of drug-likeness (QED) is 0.0629. The summed E-state index contributed by atoms with van der Waals surface area (Å²) in [5.41, 5.74) is 7.96. The second kappa shape index (κ2) is 14.0. The van der Waals surface area contributed by atoms with Crippen molar-refractivity contribution in [2.45, 2.75) is 128 Å². The standard InChI is InChI=1S/C53H64N4O7/c1-30-38-41(60)34(35(44(61)62)17-26-56-5)15-21-50(38,57-45(54)55)23-22-49(30)29-51(63)24-25-52(64)39(33-14-13-31-11-7-8-12-32(31)27-33)42-46(2)18-9-6-10-19-53(51)43(52)40(36(58)28-48(49,53)4)47(42,3)20-16-37(46)59/h7-8,11-12,22-25,27,30,38-39,41-42,56,60,63-64H,10,13-21,26,28-29H2,1-5H3,(H,61,62)(H4,54,55,57)/b35-34+/t30-,38-,39-,41-,42-,46-,47-,48-,49-,50+,51+,52-,53+/m1/s1. The number of aliphatic carboxylic acids is 1. The van der Waals surface area contributed by atoms with Crippen molar-refractivity contribution < 1.29 is 34.8 Å². The van der Waals surface area contributed by atoms with Gasteiger partial charge in [0.15, 0.2) is 11.7 Å². The molecule has 11 heteroatoms. The van der Waals surface area contributed by atoms with Crippen LogP contribution in [0.15, 0.2) is 81.4 Å². The first-order valence-electron chi connectivity index (χ1n) is 23.5. The van der Waals surface area contributed by atoms with Gasteiger partial charge < -0.3 is 37.2 Å². The number of nitrogens with two attached hydrogens (primary N) is 2. The number of ketones is 2. The molecule has 10 rings (SSSR count). The summed E-state index contributed by atoms with van der Waals surface area (Å²) in [6.45, 7) is 8.75. The van der Waals surface area contributed by atoms with Gasteiger partial charge in [-0.3, -0.25) is 9.59 Å². The van der Waals surface area contributed by atoms with E-state index in [1.54, 1.807) is 13.1 Å². The first-order chi connectivity index (χ1) is 30.2. The maximum Gasteiger partial charge on any atom is 0.331 e. The minimum atomic E-state index is -1.75. The molecule has 338 valence electrons. The van der Waals surface area contributed by atoms with E-state index < -0.39 is 79.6 Å². The van der Waals surface area contributed by atoms with E-state index in [0.717, 1.165) is 17.6 Å². The van der Waals surface area contributed by atoms with Gasteiger partial charge in [0, 0.05) is 70.3 Å². The van der Waals surface area contributed by atoms with Crippen molar-refractivity contribution >= 4 is 29.6 Å². The molecule has 9 aliphatic rings. The molecule has 0 unspecified atom stereocenters. The van der Waals surface area contributed by atoms with Gasteiger partial charge in [-0.15, -0.1) is 11.8 Å². The molecule has 9 N–H and O–H groups in total. The molecule has 4 bridgehead atoms. The SMILES string of the molecule is CNCC/C(C(=O)O)=C1/CC[C@]2(N=C(N)N)C=C[C@@]3(C[C@@]4(O)C=C[C@]5(O)C6=C7C(=O)C[C@@]3(C)[C@]64CCC#CC[C@]3(C)C(=O)CC[C@@]7(C)[C@@H]3[C@H]5C3=Cc4ccccc4CC3)[C@H](C)[C@@H]2[C@@H]1O. The Labute approximate surface area is 376 Å². The van der Waals surface area contributed by atoms with Gasteiger partial charge in [-0.25, -0.2) is 9.79 Å². The van der Waals surface area contributed by atoms with Crippen LogP contribution < -0.4 is 16.8 Å². The van der Waals surface area contributed by atoms with Gasteiger partial charge in [0.1, 0.15) is 11.4 Å². The van der Waals surface area contributed by atoms with Crippen LogP contribution in [-0.4, -0.2) is 80.4 Å². The highest BCUT2D eigenvalue weighted by Crippen LogP contribution is 2.84. The van der Waals surface area contributed by atoms with Crippen molar-refractivity contribution in [3.8, 4) is 11.8 Å². The Balaban J connectivity index is 1.25. The Morgan fingerprint density at radius 2 is 1.72 bits per heavy atom. The van der Waals surface area contributed by atoms with Gasteiger partial charge in [-0.1, -0.05) is 81.8 Å². The van der Waals surface area contributed by atoms with E-state index in [9.17, 15) is 30.0 Å². The highest BCUT2D eigenvalue weighted by atomic mass is 16.4. The molecule has 9 aliphatic carbocycles. The summed E-state index contributed by atoms with van der Waals surface area (Å²) in [6, 6.07) is 8.32. The molecule has 0 heterocycles. The molecule has 1 aromatic carbocycles. The fourth-order valence-electron chi connectivity index (χ4n) is 16.9. The van der Waals surface area contributed by atoms with Crippen molar-refractivity contribution in [3.05, 3.63) is 87.6 Å². The van der Waals surface area contributed by atoms with Crippen molar-refractivity contribution in [1.29, 1.82) is 0 Å². The summed E-state index contributed by atoms with van der Waals surface area (Å²) in [4.78, 5) is 48.3. The van der Waals surface area contributed by atoms with E-state index in [0.29, 0.717) is 61.8 Å². The number of hydrogen-bond donors (Lipinski definition) is 7. The Hall–Kier alpha value is -4.60. The predicted molar refractivity (Wildman–Crippen MR) is 244 cm³/mol. The van der Waals surface area contributed by atoms with Crippen molar-refractivity contribution in [2.24, 2.45) is 67.2 Å². The summed E-state index contributed by atoms with van der Waals surface area (Å²) < 4.78 is 0. The number of Topliss-reactive ketones (excluding diaryl/α,β-unsaturated/α-hetero) is 2. The minimum Gasteiger partial charge on any atom is -0.478 e. The topological polar surface area (TPSA) is 209 Å². The molecule has 0 saturated heterocycles. The number of fused-ring (bicyclic) bond motifs is 4. The van der Waals surface area contributed by atoms with Gasteiger partial charge in [0.2, 0.25) is 0 Å². The fourth-order valence-corrected chi connectivity index (χ4v) is 16.9. The fraction of sp³-hybridized carbons (Fsp3) is 0.585. The van der Waals surface area contributed by atoms with Gasteiger partial charge in [0.25, 0.3) is 0 Å². The lowest BCUT2D eigenvalue weighted by molar-refractivity contribution is -0.171. The average Bonchev–Trinajstić information content (AvgIpc) is 3.40. The summed E-state index contributed by atoms with van der Waals surface area (Å²) in [7, 11) is 1.76. The minimum absolute atomic E-state index is 0.0528. The monoisotopic (exact) mass is 868 g/mol. The molecule has 13 atom stereocenters. The van der Waals surface area contributed by atoms with Crippen LogP contribution in [0.4, 0.5) is 0 Å². The molecule has 3 saturated carbocycles. The number of guanidine groups is 1. The molecular formula is C53H64N4O7. The van der Waals surface area contributed by atoms with Crippen LogP contribution in [0.3, 0.4) is 0 Å². The average molecular weight is 869 g/mol. The van der Waals surface area contributed by atoms with E-state index in [-0.39, 0.29) is 55.2 Å². The molecule has 0 aromatic heterocycles. The number of carboxylic acid groups (broad SMARTS) is 1. The van der Waals surface area contributed by atoms with E-state index in [4.69, 9.17) is 16.5 Å². The van der Waals surface area contributed by atoms with Gasteiger partial charge in [-0.05, 0) is 111 Å². The highest BCUT2D eigenvalue weighted by Gasteiger charge is 2.84. The lowest BCUT2D eigenvalue weighted by Crippen LogP contribution is -2.71. The van der Waals surface area contributed by atoms with Crippen LogP contribution in [-0.2, 0) is 20.8 Å². The molecular weight excluding hydrogens is 805 g/mol. The number of aryl methyl sites for hydroxylation is 1. The maximum atomic E-state index is 15.9. The molecule has 64 heavy (non-hydrogen) atoms. The number of allylic oxidation sites excluding steroid dienone is 2. The maximum absolute atomic E-state index is 15.9. The third-order valence-corrected chi connectivity index (χ3v) is 19.4. The van der Waals surface area contributed by atoms with Crippen LogP contribution >= 0.6 is 0 Å². The number of hydrogen-bond acceptors (Lipinski definition) is 8. The lowest BCUT2D eigenvalue weighted by atomic mass is 9.33. The number of benzene rings is 1. The zero-order valence-electron chi connectivity index (χ0n) is 37.9. The third kappa shape index (κ3) is 5.14. The summed E-state index contributed by atoms with van der Waals surface area (Å²) in [6.07, 6.45) is 12.9. The zero-order valence-corrected chi connectivity index (χ0v) is 37.9. The number of aliphatic hydroxyl groups excluding tert-OH is 1. The Bertz CT molecular complexity index is 2560. The number of nitrogens with zero attached hydrogens (tertiary/aromatic N) is 1. The van der Waals surface area contributed by atoms with Crippen molar-refractivity contribution in [2.75, 3.05) is 13.6 Å². The Morgan fingerprint density at radius 1 is 0.953 bits per heavy atom. The number of rotatable bonds is 6. The van der Waals surface area contributed by atoms with Gasteiger partial charge >= 0.3 is 5.97 Å². The van der Waals surface area contributed by atoms with Crippen LogP contribution in [0, 0.1) is 62.6 Å². The van der Waals surface area contributed by atoms with Crippen LogP contribution in [0.2, 0.25) is 0 Å². The van der Waals surface area contributed by atoms with Crippen LogP contribution in [0.25, 0.3) is 6.08 Å². The molecule has 0 amide bonds. The number of aliphatic hydroxyl groups is 3. The Kier molecular flexibility index (Phi) is 9.45. The van der Waals surface area contributed by atoms with Gasteiger partial charge in [0.05, 0.1) is 17.2 Å². The van der Waals surface area contributed by atoms with Gasteiger partial charge in [-0.2, -0.15) is 0 Å². The van der Waals surface area contributed by atoms with Crippen molar-refractivity contribution in [3.63, 3.8) is 0 Å². The number of aliphatic imine (C=N–C) groups is 1. The summed E-state index contributed by atoms with van der Waals surface area (Å²) >= 11 is 0. The van der Waals surface area contributed by atoms with E-state index in [2.05, 4.69) is 55.3 Å². The number of carbonyl (C=O) groups excluding carboxylic acids is 2. The molecule has 2 spiro atoms. The van der Waals surface area contributed by atoms with Crippen LogP contribution in [0.5, 0.6) is 0 Å². The number of carbonyl (C=O) groups is 3. The first-order valence-corrected chi connectivity index (χ1v) is 23.5. The second-order valence-corrected chi connectivity index (χ2v) is 21.8. The Morgan fingerprint density at radius 3 is 2.45 bits per heavy atom. The zero-order chi connectivity index (χ0) is 45.6. The van der Waals surface area contributed by atoms with E-state index >= 15 is 4.79 Å². The lowest BCUT2D eigenvalue weighted by Gasteiger charge is -2.70. The molecule has 3 fully saturated rings. The molecule has 0 radical (unpaired) electrons. The van der Waals surface area contributed by atoms with Crippen molar-refractivity contribution in [1.82, 2.24) is 5.32 Å². The normalized spacial score (nSPS) is 45.4. The third-order valence-electron chi connectivity index (χ3n) is 19.4. The van der Waals surface area contributed by atoms with E-state index in [1.165, 1.54) is 5.56 Å². The number of carboxylic acids is 1. The molecule has 11 nitrogen and oxygen atoms in total.